The van der Waals surface area contributed by atoms with Gasteiger partial charge in [-0.1, -0.05) is 48.5 Å². The average molecular weight is 502 g/mol. The van der Waals surface area contributed by atoms with Gasteiger partial charge in [-0.25, -0.2) is 17.6 Å². The number of rotatable bonds is 0. The molecule has 0 fully saturated rings. The Balaban J connectivity index is 1.76. The molecule has 0 aliphatic heterocycles. The number of ketones is 1. The van der Waals surface area contributed by atoms with Gasteiger partial charge in [0.15, 0.2) is 17.4 Å². The van der Waals surface area contributed by atoms with Crippen molar-refractivity contribution in [1.82, 2.24) is 0 Å². The molecule has 7 rings (SSSR count). The number of carbonyl (C=O) groups excluding carboxylic acids is 1. The molecular formula is C31H10F4N2O. The van der Waals surface area contributed by atoms with Crippen LogP contribution in [0.5, 0.6) is 0 Å². The van der Waals surface area contributed by atoms with Crippen molar-refractivity contribution in [3.8, 4) is 34.4 Å². The minimum atomic E-state index is -1.38. The van der Waals surface area contributed by atoms with Crippen LogP contribution in [-0.4, -0.2) is 5.78 Å². The van der Waals surface area contributed by atoms with E-state index >= 15 is 17.6 Å². The fourth-order valence-corrected chi connectivity index (χ4v) is 5.88. The van der Waals surface area contributed by atoms with Gasteiger partial charge in [0.2, 0.25) is 0 Å². The third-order valence-electron chi connectivity index (χ3n) is 7.33. The Bertz CT molecular complexity index is 2100. The minimum Gasteiger partial charge on any atom is -0.289 e. The minimum absolute atomic E-state index is 0.000736. The summed E-state index contributed by atoms with van der Waals surface area (Å²) in [6.07, 6.45) is 0. The van der Waals surface area contributed by atoms with Gasteiger partial charge in [0, 0.05) is 49.7 Å². The maximum atomic E-state index is 16.1. The first-order valence-corrected chi connectivity index (χ1v) is 11.5. The summed E-state index contributed by atoms with van der Waals surface area (Å²) in [5, 5.41) is 20.2. The highest BCUT2D eigenvalue weighted by molar-refractivity contribution is 6.31. The Hall–Kier alpha value is -5.27. The monoisotopic (exact) mass is 502 g/mol. The number of hydrogen-bond acceptors (Lipinski definition) is 3. The van der Waals surface area contributed by atoms with E-state index in [2.05, 4.69) is 0 Å². The van der Waals surface area contributed by atoms with E-state index in [0.717, 1.165) is 12.1 Å². The Kier molecular flexibility index (Phi) is 4.26. The maximum absolute atomic E-state index is 16.1. The topological polar surface area (TPSA) is 64.7 Å². The zero-order valence-corrected chi connectivity index (χ0v) is 19.1. The normalized spacial score (nSPS) is 12.7. The molecule has 0 aromatic heterocycles. The van der Waals surface area contributed by atoms with Crippen molar-refractivity contribution in [1.29, 1.82) is 10.5 Å². The number of nitrogens with zero attached hydrogens (tertiary/aromatic N) is 2. The van der Waals surface area contributed by atoms with Crippen molar-refractivity contribution < 1.29 is 22.4 Å². The standard InChI is InChI=1S/C31H10F4N2O/c32-20-9-18-22(13(11-36)12-37)26-25(23(18)16-7-3-1-5-14(16)20)28-27(30(35)29(26)34)24-17-8-4-2-6-15(17)21(33)10-19(24)31(28)38/h1-10H. The molecule has 178 valence electrons. The third kappa shape index (κ3) is 2.48. The molecule has 0 saturated carbocycles. The highest BCUT2D eigenvalue weighted by Gasteiger charge is 2.43. The molecule has 0 heterocycles. The van der Waals surface area contributed by atoms with Gasteiger partial charge in [-0.3, -0.25) is 4.79 Å². The van der Waals surface area contributed by atoms with Crippen molar-refractivity contribution in [2.24, 2.45) is 0 Å². The molecule has 2 aliphatic rings. The number of halogens is 4. The summed E-state index contributed by atoms with van der Waals surface area (Å²) in [6.45, 7) is 0. The number of allylic oxidation sites excluding steroid dienone is 1. The molecule has 0 saturated heterocycles. The summed E-state index contributed by atoms with van der Waals surface area (Å²) in [6, 6.07) is 17.9. The fourth-order valence-electron chi connectivity index (χ4n) is 5.88. The first-order valence-electron chi connectivity index (χ1n) is 11.5. The van der Waals surface area contributed by atoms with E-state index in [1.165, 1.54) is 18.2 Å². The average Bonchev–Trinajstić information content (AvgIpc) is 3.41. The lowest BCUT2D eigenvalue weighted by molar-refractivity contribution is 0.104. The number of hydrogen-bond donors (Lipinski definition) is 0. The predicted octanol–water partition coefficient (Wildman–Crippen LogP) is 7.59. The Labute approximate surface area is 212 Å². The maximum Gasteiger partial charge on any atom is 0.195 e. The molecule has 5 aromatic rings. The molecule has 2 aliphatic carbocycles. The van der Waals surface area contributed by atoms with Crippen LogP contribution in [-0.2, 0) is 0 Å². The molecular weight excluding hydrogens is 492 g/mol. The Morgan fingerprint density at radius 2 is 1.05 bits per heavy atom. The molecule has 0 bridgehead atoms. The summed E-state index contributed by atoms with van der Waals surface area (Å²) in [5.41, 5.74) is -1.76. The van der Waals surface area contributed by atoms with Crippen molar-refractivity contribution in [3.63, 3.8) is 0 Å². The molecule has 5 aromatic carbocycles. The summed E-state index contributed by atoms with van der Waals surface area (Å²) >= 11 is 0. The smallest absolute Gasteiger partial charge is 0.195 e. The van der Waals surface area contributed by atoms with E-state index in [0.29, 0.717) is 5.39 Å². The van der Waals surface area contributed by atoms with Crippen molar-refractivity contribution >= 4 is 32.9 Å². The van der Waals surface area contributed by atoms with Crippen molar-refractivity contribution in [2.75, 3.05) is 0 Å². The van der Waals surface area contributed by atoms with Crippen molar-refractivity contribution in [3.05, 3.63) is 112 Å². The number of nitriles is 2. The Morgan fingerprint density at radius 1 is 0.579 bits per heavy atom. The van der Waals surface area contributed by atoms with Crippen LogP contribution in [0.4, 0.5) is 17.6 Å². The van der Waals surface area contributed by atoms with Crippen LogP contribution in [0.15, 0.2) is 66.2 Å². The van der Waals surface area contributed by atoms with Gasteiger partial charge in [0.1, 0.15) is 29.3 Å². The lowest BCUT2D eigenvalue weighted by Crippen LogP contribution is -2.04. The SMILES string of the molecule is N#CC(C#N)=C1c2cc(F)c3ccccc3c2-c2c1c(F)c(F)c1c2C(=O)c2cc(F)c3ccccc3c2-1. The summed E-state index contributed by atoms with van der Waals surface area (Å²) in [4.78, 5) is 13.9. The van der Waals surface area contributed by atoms with E-state index in [1.807, 2.05) is 0 Å². The second-order valence-corrected chi connectivity index (χ2v) is 9.08. The van der Waals surface area contributed by atoms with E-state index in [-0.39, 0.29) is 60.7 Å². The van der Waals surface area contributed by atoms with E-state index < -0.39 is 40.2 Å². The van der Waals surface area contributed by atoms with Crippen LogP contribution in [0.2, 0.25) is 0 Å². The lowest BCUT2D eigenvalue weighted by Gasteiger charge is -2.13. The molecule has 0 unspecified atom stereocenters. The quantitative estimate of drug-likeness (QED) is 0.159. The van der Waals surface area contributed by atoms with Gasteiger partial charge in [-0.2, -0.15) is 10.5 Å². The zero-order valence-electron chi connectivity index (χ0n) is 19.1. The van der Waals surface area contributed by atoms with Crippen LogP contribution < -0.4 is 0 Å². The molecule has 0 N–H and O–H groups in total. The summed E-state index contributed by atoms with van der Waals surface area (Å²) in [5.74, 6) is -4.87. The van der Waals surface area contributed by atoms with Crippen LogP contribution >= 0.6 is 0 Å². The van der Waals surface area contributed by atoms with Gasteiger partial charge >= 0.3 is 0 Å². The van der Waals surface area contributed by atoms with Gasteiger partial charge < -0.3 is 0 Å². The second-order valence-electron chi connectivity index (χ2n) is 9.08. The number of benzene rings is 5. The molecule has 0 atom stereocenters. The predicted molar refractivity (Wildman–Crippen MR) is 133 cm³/mol. The molecule has 38 heavy (non-hydrogen) atoms. The van der Waals surface area contributed by atoms with Crippen LogP contribution in [0.25, 0.3) is 49.4 Å². The van der Waals surface area contributed by atoms with Gasteiger partial charge in [0.25, 0.3) is 0 Å². The van der Waals surface area contributed by atoms with Crippen LogP contribution in [0.1, 0.15) is 27.0 Å². The van der Waals surface area contributed by atoms with Crippen LogP contribution in [0.3, 0.4) is 0 Å². The molecule has 0 radical (unpaired) electrons. The second kappa shape index (κ2) is 7.38. The number of fused-ring (bicyclic) bond motifs is 11. The molecule has 7 heteroatoms. The highest BCUT2D eigenvalue weighted by atomic mass is 19.2. The van der Waals surface area contributed by atoms with Gasteiger partial charge in [0.05, 0.1) is 0 Å². The third-order valence-corrected chi connectivity index (χ3v) is 7.33. The van der Waals surface area contributed by atoms with Crippen molar-refractivity contribution in [2.45, 2.75) is 0 Å². The Morgan fingerprint density at radius 3 is 1.61 bits per heavy atom. The van der Waals surface area contributed by atoms with E-state index in [4.69, 9.17) is 0 Å². The highest BCUT2D eigenvalue weighted by Crippen LogP contribution is 2.57. The first kappa shape index (κ1) is 22.0. The van der Waals surface area contributed by atoms with Gasteiger partial charge in [-0.05, 0) is 34.0 Å². The zero-order chi connectivity index (χ0) is 26.5. The number of carbonyl (C=O) groups is 1. The lowest BCUT2D eigenvalue weighted by atomic mass is 9.90. The fraction of sp³-hybridized carbons (Fsp3) is 0. The van der Waals surface area contributed by atoms with Gasteiger partial charge in [-0.15, -0.1) is 0 Å². The first-order chi connectivity index (χ1) is 18.4. The molecule has 3 nitrogen and oxygen atoms in total. The van der Waals surface area contributed by atoms with Crippen LogP contribution in [0, 0.1) is 45.9 Å². The summed E-state index contributed by atoms with van der Waals surface area (Å²) in [7, 11) is 0. The summed E-state index contributed by atoms with van der Waals surface area (Å²) < 4.78 is 62.3. The largest absolute Gasteiger partial charge is 0.289 e. The van der Waals surface area contributed by atoms with E-state index in [9.17, 15) is 15.3 Å². The molecule has 0 spiro atoms. The van der Waals surface area contributed by atoms with E-state index in [1.54, 1.807) is 42.5 Å². The molecule has 0 amide bonds.